The highest BCUT2D eigenvalue weighted by atomic mass is 16.6. The molecule has 4 rings (SSSR count). The fourth-order valence-electron chi connectivity index (χ4n) is 3.78. The Kier molecular flexibility index (Phi) is 5.56. The third-order valence-corrected chi connectivity index (χ3v) is 5.51. The van der Waals surface area contributed by atoms with Crippen molar-refractivity contribution in [3.63, 3.8) is 0 Å². The van der Waals surface area contributed by atoms with E-state index in [2.05, 4.69) is 25.0 Å². The largest absolute Gasteiger partial charge is 0.353 e. The van der Waals surface area contributed by atoms with E-state index in [1.54, 1.807) is 19.0 Å². The summed E-state index contributed by atoms with van der Waals surface area (Å²) < 4.78 is 4.85. The summed E-state index contributed by atoms with van der Waals surface area (Å²) in [6.07, 6.45) is 4.84. The average Bonchev–Trinajstić information content (AvgIpc) is 2.99. The van der Waals surface area contributed by atoms with Gasteiger partial charge in [-0.2, -0.15) is 0 Å². The van der Waals surface area contributed by atoms with Crippen LogP contribution in [0.1, 0.15) is 25.7 Å². The summed E-state index contributed by atoms with van der Waals surface area (Å²) in [7, 11) is 3.59. The van der Waals surface area contributed by atoms with Gasteiger partial charge in [0, 0.05) is 53.4 Å². The standard InChI is InChI=1S/C18H28N8O2/c1-23(2)14(27)13-24-9-11-26(12-10-24)18-17(25-7-5-3-4-6-8-25)19-15-16(20-18)22-28-21-15/h3-13H2,1-2H3. The molecular formula is C18H28N8O2. The maximum Gasteiger partial charge on any atom is 0.245 e. The Balaban J connectivity index is 1.54. The average molecular weight is 388 g/mol. The molecule has 0 atom stereocenters. The molecule has 28 heavy (non-hydrogen) atoms. The van der Waals surface area contributed by atoms with Gasteiger partial charge in [0.25, 0.3) is 0 Å². The van der Waals surface area contributed by atoms with Gasteiger partial charge in [0.15, 0.2) is 11.6 Å². The number of anilines is 2. The number of amides is 1. The summed E-state index contributed by atoms with van der Waals surface area (Å²) >= 11 is 0. The minimum Gasteiger partial charge on any atom is -0.353 e. The van der Waals surface area contributed by atoms with Crippen LogP contribution in [0.2, 0.25) is 0 Å². The van der Waals surface area contributed by atoms with Gasteiger partial charge in [0.1, 0.15) is 0 Å². The Hall–Kier alpha value is -2.49. The second-order valence-corrected chi connectivity index (χ2v) is 7.73. The zero-order valence-electron chi connectivity index (χ0n) is 16.7. The molecule has 2 aliphatic rings. The van der Waals surface area contributed by atoms with Gasteiger partial charge in [-0.25, -0.2) is 14.6 Å². The molecule has 10 heteroatoms. The number of carbonyl (C=O) groups excluding carboxylic acids is 1. The number of likely N-dealkylation sites (N-methyl/N-ethyl adjacent to an activating group) is 1. The number of rotatable bonds is 4. The molecule has 0 radical (unpaired) electrons. The van der Waals surface area contributed by atoms with E-state index in [1.165, 1.54) is 12.8 Å². The summed E-state index contributed by atoms with van der Waals surface area (Å²) in [5.74, 6) is 1.86. The van der Waals surface area contributed by atoms with Gasteiger partial charge in [0.2, 0.25) is 17.2 Å². The number of piperazine rings is 1. The molecule has 2 fully saturated rings. The zero-order valence-corrected chi connectivity index (χ0v) is 16.7. The minimum atomic E-state index is 0.133. The van der Waals surface area contributed by atoms with E-state index >= 15 is 0 Å². The molecular weight excluding hydrogens is 360 g/mol. The molecule has 1 amide bonds. The maximum absolute atomic E-state index is 12.0. The van der Waals surface area contributed by atoms with Crippen molar-refractivity contribution >= 4 is 28.8 Å². The topological polar surface area (TPSA) is 94.7 Å². The molecule has 0 N–H and O–H groups in total. The van der Waals surface area contributed by atoms with Crippen LogP contribution < -0.4 is 9.80 Å². The van der Waals surface area contributed by atoms with Crippen LogP contribution in [0.5, 0.6) is 0 Å². The lowest BCUT2D eigenvalue weighted by Gasteiger charge is -2.37. The third-order valence-electron chi connectivity index (χ3n) is 5.51. The summed E-state index contributed by atoms with van der Waals surface area (Å²) in [6.45, 7) is 5.65. The number of fused-ring (bicyclic) bond motifs is 1. The van der Waals surface area contributed by atoms with Crippen molar-refractivity contribution in [3.05, 3.63) is 0 Å². The van der Waals surface area contributed by atoms with Crippen LogP contribution in [0.15, 0.2) is 4.63 Å². The highest BCUT2D eigenvalue weighted by molar-refractivity contribution is 5.78. The monoisotopic (exact) mass is 388 g/mol. The van der Waals surface area contributed by atoms with E-state index < -0.39 is 0 Å². The number of hydrogen-bond acceptors (Lipinski definition) is 9. The molecule has 0 aliphatic carbocycles. The third kappa shape index (κ3) is 4.01. The summed E-state index contributed by atoms with van der Waals surface area (Å²) in [5, 5.41) is 7.78. The summed E-state index contributed by atoms with van der Waals surface area (Å²) in [6, 6.07) is 0. The van der Waals surface area contributed by atoms with Gasteiger partial charge in [0.05, 0.1) is 6.54 Å². The molecule has 2 aromatic rings. The molecule has 0 saturated carbocycles. The van der Waals surface area contributed by atoms with Gasteiger partial charge in [-0.3, -0.25) is 9.69 Å². The van der Waals surface area contributed by atoms with E-state index in [0.29, 0.717) is 17.8 Å². The molecule has 0 bridgehead atoms. The highest BCUT2D eigenvalue weighted by Crippen LogP contribution is 2.29. The Morgan fingerprint density at radius 2 is 1.39 bits per heavy atom. The van der Waals surface area contributed by atoms with E-state index in [1.807, 2.05) is 0 Å². The van der Waals surface area contributed by atoms with Crippen LogP contribution >= 0.6 is 0 Å². The van der Waals surface area contributed by atoms with E-state index in [-0.39, 0.29) is 5.91 Å². The first-order valence-corrected chi connectivity index (χ1v) is 10.0. The predicted molar refractivity (Wildman–Crippen MR) is 105 cm³/mol. The van der Waals surface area contributed by atoms with E-state index in [9.17, 15) is 4.79 Å². The smallest absolute Gasteiger partial charge is 0.245 e. The van der Waals surface area contributed by atoms with Gasteiger partial charge >= 0.3 is 0 Å². The van der Waals surface area contributed by atoms with E-state index in [0.717, 1.165) is 63.7 Å². The molecule has 0 aromatic carbocycles. The Morgan fingerprint density at radius 1 is 0.857 bits per heavy atom. The highest BCUT2D eigenvalue weighted by Gasteiger charge is 2.27. The molecule has 4 heterocycles. The SMILES string of the molecule is CN(C)C(=O)CN1CCN(c2nc3nonc3nc2N2CCCCCC2)CC1. The van der Waals surface area contributed by atoms with Crippen molar-refractivity contribution < 1.29 is 9.42 Å². The quantitative estimate of drug-likeness (QED) is 0.746. The van der Waals surface area contributed by atoms with Gasteiger partial charge in [-0.15, -0.1) is 0 Å². The molecule has 2 saturated heterocycles. The Bertz CT molecular complexity index is 807. The number of hydrogen-bond donors (Lipinski definition) is 0. The van der Waals surface area contributed by atoms with Crippen LogP contribution in [0, 0.1) is 0 Å². The van der Waals surface area contributed by atoms with Crippen molar-refractivity contribution in [2.75, 3.05) is 69.7 Å². The van der Waals surface area contributed by atoms with Crippen LogP contribution in [-0.2, 0) is 4.79 Å². The number of carbonyl (C=O) groups is 1. The molecule has 152 valence electrons. The van der Waals surface area contributed by atoms with E-state index in [4.69, 9.17) is 14.6 Å². The lowest BCUT2D eigenvalue weighted by atomic mass is 10.2. The Labute approximate surface area is 164 Å². The van der Waals surface area contributed by atoms with Crippen LogP contribution in [-0.4, -0.2) is 95.9 Å². The van der Waals surface area contributed by atoms with Gasteiger partial charge < -0.3 is 14.7 Å². The normalized spacial score (nSPS) is 19.1. The van der Waals surface area contributed by atoms with Gasteiger partial charge in [-0.1, -0.05) is 12.8 Å². The second kappa shape index (κ2) is 8.26. The van der Waals surface area contributed by atoms with Crippen molar-refractivity contribution in [3.8, 4) is 0 Å². The summed E-state index contributed by atoms with van der Waals surface area (Å²) in [5.41, 5.74) is 0.900. The first-order valence-electron chi connectivity index (χ1n) is 10.0. The van der Waals surface area contributed by atoms with Crippen molar-refractivity contribution in [1.82, 2.24) is 30.1 Å². The van der Waals surface area contributed by atoms with Gasteiger partial charge in [-0.05, 0) is 23.2 Å². The van der Waals surface area contributed by atoms with Crippen molar-refractivity contribution in [2.24, 2.45) is 0 Å². The van der Waals surface area contributed by atoms with Crippen LogP contribution in [0.25, 0.3) is 11.3 Å². The molecule has 10 nitrogen and oxygen atoms in total. The fraction of sp³-hybridized carbons (Fsp3) is 0.722. The summed E-state index contributed by atoms with van der Waals surface area (Å²) in [4.78, 5) is 29.9. The van der Waals surface area contributed by atoms with Crippen LogP contribution in [0.3, 0.4) is 0 Å². The molecule has 2 aliphatic heterocycles. The minimum absolute atomic E-state index is 0.133. The van der Waals surface area contributed by atoms with Crippen molar-refractivity contribution in [2.45, 2.75) is 25.7 Å². The second-order valence-electron chi connectivity index (χ2n) is 7.73. The first-order chi connectivity index (χ1) is 13.6. The number of nitrogens with zero attached hydrogens (tertiary/aromatic N) is 8. The lowest BCUT2D eigenvalue weighted by molar-refractivity contribution is -0.129. The van der Waals surface area contributed by atoms with Crippen molar-refractivity contribution in [1.29, 1.82) is 0 Å². The fourth-order valence-corrected chi connectivity index (χ4v) is 3.78. The maximum atomic E-state index is 12.0. The molecule has 0 spiro atoms. The lowest BCUT2D eigenvalue weighted by Crippen LogP contribution is -2.50. The predicted octanol–water partition coefficient (Wildman–Crippen LogP) is 0.603. The first kappa shape index (κ1) is 18.9. The molecule has 2 aromatic heterocycles. The zero-order chi connectivity index (χ0) is 19.5. The number of aromatic nitrogens is 4. The Morgan fingerprint density at radius 3 is 1.93 bits per heavy atom. The van der Waals surface area contributed by atoms with Crippen LogP contribution in [0.4, 0.5) is 11.6 Å². The molecule has 0 unspecified atom stereocenters.